The number of morpholine rings is 1. The first-order valence-corrected chi connectivity index (χ1v) is 10.6. The van der Waals surface area contributed by atoms with Crippen molar-refractivity contribution >= 4 is 28.5 Å². The summed E-state index contributed by atoms with van der Waals surface area (Å²) in [4.78, 5) is 27.2. The summed E-state index contributed by atoms with van der Waals surface area (Å²) < 4.78 is 49.8. The molecule has 2 saturated heterocycles. The molecule has 3 aromatic rings. The van der Waals surface area contributed by atoms with Crippen LogP contribution in [0.2, 0.25) is 0 Å². The number of fused-ring (bicyclic) bond motifs is 1. The molecule has 1 aromatic carbocycles. The molecule has 2 aliphatic heterocycles. The van der Waals surface area contributed by atoms with Crippen molar-refractivity contribution in [2.24, 2.45) is 0 Å². The van der Waals surface area contributed by atoms with Gasteiger partial charge < -0.3 is 24.0 Å². The molecular weight excluding hydrogens is 441 g/mol. The van der Waals surface area contributed by atoms with E-state index in [1.807, 2.05) is 9.80 Å². The van der Waals surface area contributed by atoms with Crippen molar-refractivity contribution in [3.05, 3.63) is 41.9 Å². The number of aromatic nitrogens is 3. The lowest BCUT2D eigenvalue weighted by Gasteiger charge is -2.36. The minimum atomic E-state index is -4.40. The third-order valence-corrected chi connectivity index (χ3v) is 5.87. The number of rotatable bonds is 3. The lowest BCUT2D eigenvalue weighted by atomic mass is 10.1. The summed E-state index contributed by atoms with van der Waals surface area (Å²) in [5, 5.41) is 4.44. The van der Waals surface area contributed by atoms with Crippen molar-refractivity contribution in [3.8, 4) is 0 Å². The zero-order valence-corrected chi connectivity index (χ0v) is 17.6. The van der Waals surface area contributed by atoms with Gasteiger partial charge >= 0.3 is 6.18 Å². The molecule has 0 spiro atoms. The Hall–Kier alpha value is -3.41. The molecule has 33 heavy (non-hydrogen) atoms. The molecule has 4 heterocycles. The second-order valence-electron chi connectivity index (χ2n) is 7.84. The lowest BCUT2D eigenvalue weighted by Crippen LogP contribution is -2.49. The molecule has 2 aromatic heterocycles. The first-order chi connectivity index (χ1) is 15.9. The molecule has 2 aliphatic rings. The Balaban J connectivity index is 1.34. The van der Waals surface area contributed by atoms with Gasteiger partial charge in [0.15, 0.2) is 5.69 Å². The molecule has 0 N–H and O–H groups in total. The first kappa shape index (κ1) is 21.4. The predicted octanol–water partition coefficient (Wildman–Crippen LogP) is 2.44. The average molecular weight is 462 g/mol. The summed E-state index contributed by atoms with van der Waals surface area (Å²) in [5.74, 6) is 0.261. The second-order valence-corrected chi connectivity index (χ2v) is 7.84. The lowest BCUT2D eigenvalue weighted by molar-refractivity contribution is -0.137. The number of anilines is 2. The third kappa shape index (κ3) is 4.17. The van der Waals surface area contributed by atoms with Crippen LogP contribution in [0, 0.1) is 0 Å². The fourth-order valence-electron chi connectivity index (χ4n) is 4.13. The van der Waals surface area contributed by atoms with Crippen LogP contribution in [0.1, 0.15) is 16.1 Å². The number of hydrogen-bond donors (Lipinski definition) is 0. The molecule has 174 valence electrons. The molecule has 12 heteroatoms. The number of halogens is 3. The fourth-order valence-corrected chi connectivity index (χ4v) is 4.13. The molecule has 0 saturated carbocycles. The van der Waals surface area contributed by atoms with E-state index in [0.717, 1.165) is 12.1 Å². The normalized spacial score (nSPS) is 17.6. The standard InChI is InChI=1S/C21H21F3N6O3/c22-21(23,24)14-2-1-3-15(12-14)28-4-6-30(7-5-28)20(31)17-16-18(29-8-10-32-11-9-29)25-13-26-19(16)33-27-17/h1-3,12-13H,4-11H2. The van der Waals surface area contributed by atoms with Gasteiger partial charge in [-0.05, 0) is 18.2 Å². The molecule has 0 unspecified atom stereocenters. The Morgan fingerprint density at radius 2 is 1.73 bits per heavy atom. The van der Waals surface area contributed by atoms with Gasteiger partial charge in [-0.1, -0.05) is 11.2 Å². The smallest absolute Gasteiger partial charge is 0.378 e. The molecule has 0 atom stereocenters. The van der Waals surface area contributed by atoms with Crippen molar-refractivity contribution in [2.45, 2.75) is 6.18 Å². The molecule has 1 amide bonds. The van der Waals surface area contributed by atoms with Crippen molar-refractivity contribution in [3.63, 3.8) is 0 Å². The zero-order chi connectivity index (χ0) is 23.0. The SMILES string of the molecule is O=C(c1noc2ncnc(N3CCOCC3)c12)N1CCN(c2cccc(C(F)(F)F)c2)CC1. The Labute approximate surface area is 186 Å². The zero-order valence-electron chi connectivity index (χ0n) is 17.6. The largest absolute Gasteiger partial charge is 0.416 e. The number of benzene rings is 1. The number of carbonyl (C=O) groups excluding carboxylic acids is 1. The maximum Gasteiger partial charge on any atom is 0.416 e. The highest BCUT2D eigenvalue weighted by Crippen LogP contribution is 2.32. The number of amides is 1. The molecule has 5 rings (SSSR count). The van der Waals surface area contributed by atoms with Gasteiger partial charge in [0.05, 0.1) is 18.8 Å². The molecular formula is C21H21F3N6O3. The Morgan fingerprint density at radius 3 is 2.45 bits per heavy atom. The van der Waals surface area contributed by atoms with E-state index in [1.165, 1.54) is 12.4 Å². The van der Waals surface area contributed by atoms with Gasteiger partial charge in [0.1, 0.15) is 17.5 Å². The quantitative estimate of drug-likeness (QED) is 0.587. The summed E-state index contributed by atoms with van der Waals surface area (Å²) in [6.07, 6.45) is -3.03. The Morgan fingerprint density at radius 1 is 0.970 bits per heavy atom. The number of alkyl halides is 3. The Kier molecular flexibility index (Phi) is 5.52. The van der Waals surface area contributed by atoms with Crippen molar-refractivity contribution in [1.29, 1.82) is 0 Å². The number of carbonyl (C=O) groups is 1. The van der Waals surface area contributed by atoms with Gasteiger partial charge in [0.25, 0.3) is 11.6 Å². The minimum absolute atomic E-state index is 0.139. The van der Waals surface area contributed by atoms with E-state index in [-0.39, 0.29) is 17.3 Å². The van der Waals surface area contributed by atoms with E-state index in [1.54, 1.807) is 11.0 Å². The number of hydrogen-bond acceptors (Lipinski definition) is 8. The number of piperazine rings is 1. The molecule has 9 nitrogen and oxygen atoms in total. The van der Waals surface area contributed by atoms with Crippen molar-refractivity contribution < 1.29 is 27.2 Å². The van der Waals surface area contributed by atoms with Crippen LogP contribution in [0.25, 0.3) is 11.1 Å². The highest BCUT2D eigenvalue weighted by atomic mass is 19.4. The minimum Gasteiger partial charge on any atom is -0.378 e. The van der Waals surface area contributed by atoms with E-state index < -0.39 is 11.7 Å². The maximum absolute atomic E-state index is 13.3. The molecule has 0 aliphatic carbocycles. The summed E-state index contributed by atoms with van der Waals surface area (Å²) in [7, 11) is 0. The molecule has 2 fully saturated rings. The summed E-state index contributed by atoms with van der Waals surface area (Å²) in [6, 6.07) is 5.22. The van der Waals surface area contributed by atoms with Crippen LogP contribution in [-0.2, 0) is 10.9 Å². The first-order valence-electron chi connectivity index (χ1n) is 10.6. The van der Waals surface area contributed by atoms with Gasteiger partial charge in [0, 0.05) is 45.0 Å². The van der Waals surface area contributed by atoms with E-state index in [9.17, 15) is 18.0 Å². The van der Waals surface area contributed by atoms with E-state index in [0.29, 0.717) is 69.4 Å². The summed E-state index contributed by atoms with van der Waals surface area (Å²) in [5.41, 5.74) is 0.159. The average Bonchev–Trinajstić information content (AvgIpc) is 3.28. The van der Waals surface area contributed by atoms with E-state index in [2.05, 4.69) is 15.1 Å². The van der Waals surface area contributed by atoms with Crippen molar-refractivity contribution in [2.75, 3.05) is 62.3 Å². The van der Waals surface area contributed by atoms with Crippen LogP contribution in [0.5, 0.6) is 0 Å². The second kappa shape index (κ2) is 8.50. The van der Waals surface area contributed by atoms with E-state index in [4.69, 9.17) is 9.26 Å². The van der Waals surface area contributed by atoms with Crippen LogP contribution in [-0.4, -0.2) is 78.4 Å². The number of nitrogens with zero attached hydrogens (tertiary/aromatic N) is 6. The third-order valence-electron chi connectivity index (χ3n) is 5.87. The van der Waals surface area contributed by atoms with Gasteiger partial charge in [-0.25, -0.2) is 4.98 Å². The maximum atomic E-state index is 13.3. The Bertz CT molecular complexity index is 1150. The number of ether oxygens (including phenoxy) is 1. The molecule has 0 radical (unpaired) electrons. The van der Waals surface area contributed by atoms with Crippen LogP contribution < -0.4 is 9.80 Å². The van der Waals surface area contributed by atoms with Gasteiger partial charge in [-0.3, -0.25) is 4.79 Å². The highest BCUT2D eigenvalue weighted by Gasteiger charge is 2.32. The summed E-state index contributed by atoms with van der Waals surface area (Å²) in [6.45, 7) is 3.83. The van der Waals surface area contributed by atoms with Gasteiger partial charge in [0.2, 0.25) is 0 Å². The van der Waals surface area contributed by atoms with E-state index >= 15 is 0 Å². The van der Waals surface area contributed by atoms with Crippen LogP contribution in [0.3, 0.4) is 0 Å². The highest BCUT2D eigenvalue weighted by molar-refractivity contribution is 6.07. The van der Waals surface area contributed by atoms with Crippen LogP contribution in [0.15, 0.2) is 35.1 Å². The summed E-state index contributed by atoms with van der Waals surface area (Å²) >= 11 is 0. The topological polar surface area (TPSA) is 87.8 Å². The monoisotopic (exact) mass is 462 g/mol. The van der Waals surface area contributed by atoms with Crippen molar-refractivity contribution in [1.82, 2.24) is 20.0 Å². The predicted molar refractivity (Wildman–Crippen MR) is 112 cm³/mol. The molecule has 0 bridgehead atoms. The van der Waals surface area contributed by atoms with Gasteiger partial charge in [-0.2, -0.15) is 18.2 Å². The van der Waals surface area contributed by atoms with Crippen LogP contribution in [0.4, 0.5) is 24.7 Å². The van der Waals surface area contributed by atoms with Gasteiger partial charge in [-0.15, -0.1) is 0 Å². The van der Waals surface area contributed by atoms with Crippen LogP contribution >= 0.6 is 0 Å². The fraction of sp³-hybridized carbons (Fsp3) is 0.429.